The van der Waals surface area contributed by atoms with Crippen molar-refractivity contribution in [1.82, 2.24) is 4.31 Å². The van der Waals surface area contributed by atoms with Crippen LogP contribution in [0.4, 0.5) is 0 Å². The highest BCUT2D eigenvalue weighted by Gasteiger charge is 2.36. The third-order valence-electron chi connectivity index (χ3n) is 4.68. The first kappa shape index (κ1) is 14.5. The van der Waals surface area contributed by atoms with E-state index in [-0.39, 0.29) is 6.61 Å². The van der Waals surface area contributed by atoms with E-state index in [1.165, 1.54) is 37.0 Å². The van der Waals surface area contributed by atoms with Gasteiger partial charge in [-0.25, -0.2) is 8.42 Å². The molecule has 0 radical (unpaired) electrons. The van der Waals surface area contributed by atoms with Crippen molar-refractivity contribution in [2.75, 3.05) is 13.1 Å². The molecule has 2 unspecified atom stereocenters. The molecule has 2 heterocycles. The summed E-state index contributed by atoms with van der Waals surface area (Å²) in [4.78, 5) is 1.05. The van der Waals surface area contributed by atoms with Gasteiger partial charge in [0.2, 0.25) is 10.0 Å². The molecule has 0 aromatic carbocycles. The van der Waals surface area contributed by atoms with Gasteiger partial charge in [-0.1, -0.05) is 19.3 Å². The van der Waals surface area contributed by atoms with Crippen molar-refractivity contribution in [3.05, 3.63) is 16.3 Å². The van der Waals surface area contributed by atoms with Crippen LogP contribution in [-0.2, 0) is 16.6 Å². The standard InChI is InChI=1S/C14H21NO3S2/c16-9-13-7-14(10-19-13)20(17,18)15-6-5-11-3-1-2-4-12(11)8-15/h7,10-12,16H,1-6,8-9H2. The summed E-state index contributed by atoms with van der Waals surface area (Å²) in [5, 5.41) is 10.7. The summed E-state index contributed by atoms with van der Waals surface area (Å²) in [5.74, 6) is 1.27. The molecule has 1 saturated heterocycles. The molecule has 0 spiro atoms. The molecule has 1 saturated carbocycles. The Morgan fingerprint density at radius 2 is 2.00 bits per heavy atom. The molecule has 3 rings (SSSR count). The number of aliphatic hydroxyl groups is 1. The van der Waals surface area contributed by atoms with Gasteiger partial charge < -0.3 is 5.11 Å². The van der Waals surface area contributed by atoms with Crippen LogP contribution in [0.5, 0.6) is 0 Å². The van der Waals surface area contributed by atoms with E-state index >= 15 is 0 Å². The Hall–Kier alpha value is -0.430. The first-order valence-corrected chi connectivity index (χ1v) is 9.61. The molecule has 1 aromatic heterocycles. The zero-order chi connectivity index (χ0) is 14.2. The van der Waals surface area contributed by atoms with Crippen molar-refractivity contribution < 1.29 is 13.5 Å². The van der Waals surface area contributed by atoms with E-state index in [2.05, 4.69) is 0 Å². The fraction of sp³-hybridized carbons (Fsp3) is 0.714. The number of thiophene rings is 1. The van der Waals surface area contributed by atoms with Crippen LogP contribution in [0, 0.1) is 11.8 Å². The minimum absolute atomic E-state index is 0.0924. The molecule has 2 aliphatic rings. The molecule has 6 heteroatoms. The van der Waals surface area contributed by atoms with Crippen LogP contribution >= 0.6 is 11.3 Å². The average Bonchev–Trinajstić information content (AvgIpc) is 2.96. The molecule has 0 bridgehead atoms. The fourth-order valence-corrected chi connectivity index (χ4v) is 6.15. The number of piperidine rings is 1. The van der Waals surface area contributed by atoms with E-state index in [9.17, 15) is 8.42 Å². The highest BCUT2D eigenvalue weighted by Crippen LogP contribution is 2.38. The van der Waals surface area contributed by atoms with Crippen LogP contribution < -0.4 is 0 Å². The van der Waals surface area contributed by atoms with Gasteiger partial charge in [-0.05, 0) is 30.7 Å². The van der Waals surface area contributed by atoms with Crippen LogP contribution in [0.3, 0.4) is 0 Å². The third-order valence-corrected chi connectivity index (χ3v) is 7.59. The monoisotopic (exact) mass is 315 g/mol. The van der Waals surface area contributed by atoms with Crippen molar-refractivity contribution >= 4 is 21.4 Å². The lowest BCUT2D eigenvalue weighted by Crippen LogP contribution is -2.44. The Kier molecular flexibility index (Phi) is 4.17. The lowest BCUT2D eigenvalue weighted by Gasteiger charge is -2.40. The second-order valence-electron chi connectivity index (χ2n) is 5.86. The molecular formula is C14H21NO3S2. The zero-order valence-electron chi connectivity index (χ0n) is 11.5. The number of nitrogens with zero attached hydrogens (tertiary/aromatic N) is 1. The summed E-state index contributed by atoms with van der Waals surface area (Å²) in [6.45, 7) is 1.23. The minimum atomic E-state index is -3.37. The number of aliphatic hydroxyl groups excluding tert-OH is 1. The SMILES string of the molecule is O=S(=O)(c1csc(CO)c1)N1CCC2CCCCC2C1. The van der Waals surface area contributed by atoms with Crippen molar-refractivity contribution in [2.45, 2.75) is 43.6 Å². The fourth-order valence-electron chi connectivity index (χ4n) is 3.51. The Bertz CT molecular complexity index is 567. The van der Waals surface area contributed by atoms with E-state index in [1.807, 2.05) is 0 Å². The third kappa shape index (κ3) is 2.66. The quantitative estimate of drug-likeness (QED) is 0.932. The van der Waals surface area contributed by atoms with Crippen LogP contribution in [-0.4, -0.2) is 30.9 Å². The van der Waals surface area contributed by atoms with Gasteiger partial charge in [0.1, 0.15) is 0 Å². The van der Waals surface area contributed by atoms with E-state index in [4.69, 9.17) is 5.11 Å². The first-order valence-electron chi connectivity index (χ1n) is 7.29. The second kappa shape index (κ2) is 5.75. The largest absolute Gasteiger partial charge is 0.391 e. The smallest absolute Gasteiger partial charge is 0.243 e. The lowest BCUT2D eigenvalue weighted by molar-refractivity contribution is 0.136. The van der Waals surface area contributed by atoms with Gasteiger partial charge in [-0.2, -0.15) is 4.31 Å². The molecule has 2 atom stereocenters. The minimum Gasteiger partial charge on any atom is -0.391 e. The number of hydrogen-bond acceptors (Lipinski definition) is 4. The highest BCUT2D eigenvalue weighted by atomic mass is 32.2. The van der Waals surface area contributed by atoms with E-state index < -0.39 is 10.0 Å². The van der Waals surface area contributed by atoms with Gasteiger partial charge >= 0.3 is 0 Å². The zero-order valence-corrected chi connectivity index (χ0v) is 13.1. The number of sulfonamides is 1. The maximum absolute atomic E-state index is 12.6. The molecule has 2 fully saturated rings. The topological polar surface area (TPSA) is 57.6 Å². The van der Waals surface area contributed by atoms with Gasteiger partial charge in [-0.15, -0.1) is 11.3 Å². The molecule has 4 nitrogen and oxygen atoms in total. The summed E-state index contributed by atoms with van der Waals surface area (Å²) in [6.07, 6.45) is 5.98. The predicted octanol–water partition coefficient (Wildman–Crippen LogP) is 2.44. The summed E-state index contributed by atoms with van der Waals surface area (Å²) in [5.41, 5.74) is 0. The normalized spacial score (nSPS) is 28.2. The van der Waals surface area contributed by atoms with Crippen LogP contribution in [0.1, 0.15) is 37.0 Å². The molecule has 1 aliphatic carbocycles. The number of hydrogen-bond donors (Lipinski definition) is 1. The van der Waals surface area contributed by atoms with Crippen molar-refractivity contribution in [2.24, 2.45) is 11.8 Å². The summed E-state index contributed by atoms with van der Waals surface area (Å²) in [6, 6.07) is 1.60. The summed E-state index contributed by atoms with van der Waals surface area (Å²) < 4.78 is 26.9. The Balaban J connectivity index is 1.77. The molecular weight excluding hydrogens is 294 g/mol. The Morgan fingerprint density at radius 1 is 1.25 bits per heavy atom. The van der Waals surface area contributed by atoms with Crippen molar-refractivity contribution in [3.8, 4) is 0 Å². The maximum Gasteiger partial charge on any atom is 0.243 e. The molecule has 112 valence electrons. The number of rotatable bonds is 3. The van der Waals surface area contributed by atoms with E-state index in [0.717, 1.165) is 12.3 Å². The van der Waals surface area contributed by atoms with Crippen LogP contribution in [0.15, 0.2) is 16.3 Å². The average molecular weight is 315 g/mol. The molecule has 1 N–H and O–H groups in total. The van der Waals surface area contributed by atoms with E-state index in [0.29, 0.717) is 28.8 Å². The first-order chi connectivity index (χ1) is 9.61. The molecule has 1 aromatic rings. The summed E-state index contributed by atoms with van der Waals surface area (Å²) in [7, 11) is -3.37. The van der Waals surface area contributed by atoms with Gasteiger partial charge in [0.05, 0.1) is 11.5 Å². The summed E-state index contributed by atoms with van der Waals surface area (Å²) >= 11 is 1.31. The van der Waals surface area contributed by atoms with Gasteiger partial charge in [0.25, 0.3) is 0 Å². The van der Waals surface area contributed by atoms with Crippen molar-refractivity contribution in [1.29, 1.82) is 0 Å². The van der Waals surface area contributed by atoms with E-state index in [1.54, 1.807) is 15.8 Å². The van der Waals surface area contributed by atoms with Crippen LogP contribution in [0.25, 0.3) is 0 Å². The molecule has 1 aliphatic heterocycles. The lowest BCUT2D eigenvalue weighted by atomic mass is 9.76. The highest BCUT2D eigenvalue weighted by molar-refractivity contribution is 7.89. The molecule has 0 amide bonds. The second-order valence-corrected chi connectivity index (χ2v) is 8.80. The number of fused-ring (bicyclic) bond motifs is 1. The predicted molar refractivity (Wildman–Crippen MR) is 79.1 cm³/mol. The Morgan fingerprint density at radius 3 is 2.70 bits per heavy atom. The van der Waals surface area contributed by atoms with Crippen LogP contribution in [0.2, 0.25) is 0 Å². The maximum atomic E-state index is 12.6. The van der Waals surface area contributed by atoms with Gasteiger partial charge in [0.15, 0.2) is 0 Å². The van der Waals surface area contributed by atoms with Gasteiger partial charge in [-0.3, -0.25) is 0 Å². The van der Waals surface area contributed by atoms with Crippen molar-refractivity contribution in [3.63, 3.8) is 0 Å². The van der Waals surface area contributed by atoms with Gasteiger partial charge in [0, 0.05) is 23.3 Å². The Labute approximate surface area is 124 Å². The molecule has 20 heavy (non-hydrogen) atoms.